The zero-order chi connectivity index (χ0) is 14.9. The average molecular weight is 354 g/mol. The van der Waals surface area contributed by atoms with Crippen LogP contribution in [0, 0.1) is 20.8 Å². The number of hydrogen-bond acceptors (Lipinski definition) is 1. The molecule has 0 aliphatic rings. The Balaban J connectivity index is 2.26. The lowest BCUT2D eigenvalue weighted by Gasteiger charge is -2.15. The van der Waals surface area contributed by atoms with E-state index in [-0.39, 0.29) is 0 Å². The summed E-state index contributed by atoms with van der Waals surface area (Å²) in [6.07, 6.45) is -0.0136. The van der Waals surface area contributed by atoms with Crippen molar-refractivity contribution >= 4 is 27.5 Å². The SMILES string of the molecule is Cc1ccc(CC(O)c2cc(C)c(Br)c(C)c2)c(Cl)c1. The summed E-state index contributed by atoms with van der Waals surface area (Å²) in [7, 11) is 0. The normalized spacial score (nSPS) is 12.5. The molecule has 0 aromatic heterocycles. The molecule has 2 rings (SSSR count). The molecule has 0 bridgehead atoms. The van der Waals surface area contributed by atoms with E-state index in [1.54, 1.807) is 0 Å². The Kier molecular flexibility index (Phi) is 4.90. The van der Waals surface area contributed by atoms with Gasteiger partial charge in [-0.15, -0.1) is 0 Å². The second kappa shape index (κ2) is 6.30. The molecule has 2 aromatic carbocycles. The number of benzene rings is 2. The molecule has 0 heterocycles. The highest BCUT2D eigenvalue weighted by atomic mass is 79.9. The second-order valence-corrected chi connectivity index (χ2v) is 6.48. The van der Waals surface area contributed by atoms with Gasteiger partial charge in [0.2, 0.25) is 0 Å². The van der Waals surface area contributed by atoms with Crippen molar-refractivity contribution < 1.29 is 5.11 Å². The molecule has 1 nitrogen and oxygen atoms in total. The molecule has 3 heteroatoms. The first-order valence-corrected chi connectivity index (χ1v) is 7.75. The van der Waals surface area contributed by atoms with Gasteiger partial charge in [0.05, 0.1) is 6.10 Å². The van der Waals surface area contributed by atoms with Crippen LogP contribution in [0.25, 0.3) is 0 Å². The van der Waals surface area contributed by atoms with Crippen LogP contribution >= 0.6 is 27.5 Å². The van der Waals surface area contributed by atoms with Gasteiger partial charge in [0.25, 0.3) is 0 Å². The average Bonchev–Trinajstić information content (AvgIpc) is 2.38. The third-order valence-electron chi connectivity index (χ3n) is 3.47. The van der Waals surface area contributed by atoms with Crippen molar-refractivity contribution in [3.63, 3.8) is 0 Å². The second-order valence-electron chi connectivity index (χ2n) is 5.28. The number of aryl methyl sites for hydroxylation is 3. The molecule has 20 heavy (non-hydrogen) atoms. The summed E-state index contributed by atoms with van der Waals surface area (Å²) in [6, 6.07) is 9.97. The van der Waals surface area contributed by atoms with Gasteiger partial charge in [-0.05, 0) is 54.7 Å². The third-order valence-corrected chi connectivity index (χ3v) is 5.07. The molecule has 0 radical (unpaired) electrons. The molecule has 0 saturated heterocycles. The molecule has 1 N–H and O–H groups in total. The van der Waals surface area contributed by atoms with Crippen LogP contribution in [0.15, 0.2) is 34.8 Å². The molecular formula is C17H18BrClO. The van der Waals surface area contributed by atoms with Crippen LogP contribution in [-0.2, 0) is 6.42 Å². The van der Waals surface area contributed by atoms with Crippen LogP contribution in [-0.4, -0.2) is 5.11 Å². The fourth-order valence-corrected chi connectivity index (χ4v) is 2.86. The maximum Gasteiger partial charge on any atom is 0.0831 e. The van der Waals surface area contributed by atoms with E-state index in [1.165, 1.54) is 0 Å². The van der Waals surface area contributed by atoms with E-state index in [4.69, 9.17) is 11.6 Å². The maximum atomic E-state index is 10.4. The standard InChI is InChI=1S/C17H18BrClO/c1-10-4-5-13(15(19)6-10)9-16(20)14-7-11(2)17(18)12(3)8-14/h4-8,16,20H,9H2,1-3H3. The Morgan fingerprint density at radius 3 is 2.25 bits per heavy atom. The highest BCUT2D eigenvalue weighted by Gasteiger charge is 2.13. The van der Waals surface area contributed by atoms with Crippen LogP contribution in [0.3, 0.4) is 0 Å². The van der Waals surface area contributed by atoms with Gasteiger partial charge in [-0.25, -0.2) is 0 Å². The third kappa shape index (κ3) is 3.43. The Bertz CT molecular complexity index is 614. The van der Waals surface area contributed by atoms with Crippen LogP contribution < -0.4 is 0 Å². The van der Waals surface area contributed by atoms with Crippen molar-refractivity contribution in [2.24, 2.45) is 0 Å². The lowest BCUT2D eigenvalue weighted by Crippen LogP contribution is -2.04. The van der Waals surface area contributed by atoms with Gasteiger partial charge in [-0.1, -0.05) is 51.8 Å². The number of halogens is 2. The number of aliphatic hydroxyl groups is 1. The quantitative estimate of drug-likeness (QED) is 0.793. The van der Waals surface area contributed by atoms with Gasteiger partial charge >= 0.3 is 0 Å². The van der Waals surface area contributed by atoms with Gasteiger partial charge in [0.1, 0.15) is 0 Å². The molecule has 2 aromatic rings. The maximum absolute atomic E-state index is 10.4. The zero-order valence-electron chi connectivity index (χ0n) is 11.9. The summed E-state index contributed by atoms with van der Waals surface area (Å²) >= 11 is 9.78. The van der Waals surface area contributed by atoms with Crippen LogP contribution in [0.4, 0.5) is 0 Å². The molecule has 1 atom stereocenters. The highest BCUT2D eigenvalue weighted by Crippen LogP contribution is 2.29. The van der Waals surface area contributed by atoms with Crippen molar-refractivity contribution in [2.45, 2.75) is 33.3 Å². The Morgan fingerprint density at radius 1 is 1.10 bits per heavy atom. The molecule has 1 unspecified atom stereocenters. The van der Waals surface area contributed by atoms with Gasteiger partial charge < -0.3 is 5.11 Å². The smallest absolute Gasteiger partial charge is 0.0831 e. The van der Waals surface area contributed by atoms with Crippen molar-refractivity contribution in [3.8, 4) is 0 Å². The lowest BCUT2D eigenvalue weighted by molar-refractivity contribution is 0.178. The molecule has 106 valence electrons. The van der Waals surface area contributed by atoms with E-state index < -0.39 is 6.10 Å². The summed E-state index contributed by atoms with van der Waals surface area (Å²) in [5.41, 5.74) is 5.30. The van der Waals surface area contributed by atoms with E-state index >= 15 is 0 Å². The van der Waals surface area contributed by atoms with Gasteiger partial charge in [0, 0.05) is 15.9 Å². The van der Waals surface area contributed by atoms with E-state index in [1.807, 2.05) is 51.1 Å². The van der Waals surface area contributed by atoms with Crippen molar-refractivity contribution in [3.05, 3.63) is 67.6 Å². The van der Waals surface area contributed by atoms with E-state index in [0.717, 1.165) is 37.3 Å². The number of rotatable bonds is 3. The summed E-state index contributed by atoms with van der Waals surface area (Å²) < 4.78 is 1.10. The minimum absolute atomic E-state index is 0.527. The van der Waals surface area contributed by atoms with Crippen molar-refractivity contribution in [1.82, 2.24) is 0 Å². The molecule has 0 aliphatic heterocycles. The molecule has 0 saturated carbocycles. The van der Waals surface area contributed by atoms with Crippen LogP contribution in [0.1, 0.15) is 33.9 Å². The van der Waals surface area contributed by atoms with E-state index in [0.29, 0.717) is 6.42 Å². The largest absolute Gasteiger partial charge is 0.388 e. The van der Waals surface area contributed by atoms with Gasteiger partial charge in [-0.3, -0.25) is 0 Å². The topological polar surface area (TPSA) is 20.2 Å². The fourth-order valence-electron chi connectivity index (χ4n) is 2.32. The first kappa shape index (κ1) is 15.6. The minimum atomic E-state index is -0.541. The predicted molar refractivity (Wildman–Crippen MR) is 88.5 cm³/mol. The molecular weight excluding hydrogens is 336 g/mol. The summed E-state index contributed by atoms with van der Waals surface area (Å²) in [6.45, 7) is 6.08. The van der Waals surface area contributed by atoms with Crippen molar-refractivity contribution in [2.75, 3.05) is 0 Å². The number of aliphatic hydroxyl groups excluding tert-OH is 1. The Morgan fingerprint density at radius 2 is 1.70 bits per heavy atom. The van der Waals surface area contributed by atoms with Crippen LogP contribution in [0.5, 0.6) is 0 Å². The summed E-state index contributed by atoms with van der Waals surface area (Å²) in [5, 5.41) is 11.2. The Labute approximate surface area is 133 Å². The number of hydrogen-bond donors (Lipinski definition) is 1. The molecule has 0 fully saturated rings. The van der Waals surface area contributed by atoms with Gasteiger partial charge in [0.15, 0.2) is 0 Å². The van der Waals surface area contributed by atoms with E-state index in [2.05, 4.69) is 15.9 Å². The monoisotopic (exact) mass is 352 g/mol. The molecule has 0 aliphatic carbocycles. The summed E-state index contributed by atoms with van der Waals surface area (Å²) in [5.74, 6) is 0. The first-order valence-electron chi connectivity index (χ1n) is 6.58. The molecule has 0 spiro atoms. The first-order chi connectivity index (χ1) is 9.38. The lowest BCUT2D eigenvalue weighted by atomic mass is 9.97. The van der Waals surface area contributed by atoms with Gasteiger partial charge in [-0.2, -0.15) is 0 Å². The fraction of sp³-hybridized carbons (Fsp3) is 0.294. The predicted octanol–water partition coefficient (Wildman–Crippen LogP) is 5.30. The Hall–Kier alpha value is -0.830. The van der Waals surface area contributed by atoms with Crippen molar-refractivity contribution in [1.29, 1.82) is 0 Å². The van der Waals surface area contributed by atoms with Crippen LogP contribution in [0.2, 0.25) is 5.02 Å². The molecule has 0 amide bonds. The zero-order valence-corrected chi connectivity index (χ0v) is 14.2. The minimum Gasteiger partial charge on any atom is -0.388 e. The highest BCUT2D eigenvalue weighted by molar-refractivity contribution is 9.10. The summed E-state index contributed by atoms with van der Waals surface area (Å²) in [4.78, 5) is 0. The van der Waals surface area contributed by atoms with E-state index in [9.17, 15) is 5.11 Å².